The van der Waals surface area contributed by atoms with Crippen LogP contribution in [0, 0.1) is 3.57 Å². The number of halogens is 1. The lowest BCUT2D eigenvalue weighted by molar-refractivity contribution is 0.117. The minimum atomic E-state index is -0.636. The molecule has 0 aliphatic rings. The van der Waals surface area contributed by atoms with Gasteiger partial charge in [-0.3, -0.25) is 0 Å². The van der Waals surface area contributed by atoms with E-state index in [1.165, 1.54) is 6.33 Å². The van der Waals surface area contributed by atoms with Crippen molar-refractivity contribution in [2.45, 2.75) is 6.10 Å². The van der Waals surface area contributed by atoms with Crippen molar-refractivity contribution in [1.29, 1.82) is 0 Å². The Morgan fingerprint density at radius 2 is 1.87 bits per heavy atom. The predicted octanol–water partition coefficient (Wildman–Crippen LogP) is 3.09. The normalized spacial score (nSPS) is 12.1. The fourth-order valence-corrected chi connectivity index (χ4v) is 2.50. The van der Waals surface area contributed by atoms with E-state index in [1.807, 2.05) is 48.5 Å². The Hall–Kier alpha value is -1.93. The molecule has 3 aromatic rings. The van der Waals surface area contributed by atoms with E-state index in [-0.39, 0.29) is 6.61 Å². The lowest BCUT2D eigenvalue weighted by Crippen LogP contribution is -2.26. The van der Waals surface area contributed by atoms with Gasteiger partial charge in [0.1, 0.15) is 30.6 Å². The third-order valence-electron chi connectivity index (χ3n) is 3.30. The van der Waals surface area contributed by atoms with Gasteiger partial charge in [-0.2, -0.15) is 0 Å². The van der Waals surface area contributed by atoms with Crippen LogP contribution in [0.5, 0.6) is 5.75 Å². The highest BCUT2D eigenvalue weighted by molar-refractivity contribution is 14.1. The number of aliphatic hydroxyl groups is 1. The Kier molecular flexibility index (Phi) is 5.24. The van der Waals surface area contributed by atoms with Crippen LogP contribution in [0.4, 0.5) is 5.82 Å². The summed E-state index contributed by atoms with van der Waals surface area (Å²) in [6.07, 6.45) is 0.877. The lowest BCUT2D eigenvalue weighted by atomic mass is 10.2. The van der Waals surface area contributed by atoms with E-state index < -0.39 is 6.10 Å². The van der Waals surface area contributed by atoms with Gasteiger partial charge in [-0.15, -0.1) is 0 Å². The minimum Gasteiger partial charge on any atom is -0.491 e. The lowest BCUT2D eigenvalue weighted by Gasteiger charge is -2.14. The van der Waals surface area contributed by atoms with Crippen molar-refractivity contribution in [2.24, 2.45) is 0 Å². The van der Waals surface area contributed by atoms with Crippen LogP contribution in [-0.2, 0) is 0 Å². The summed E-state index contributed by atoms with van der Waals surface area (Å²) < 4.78 is 6.72. The molecule has 1 unspecified atom stereocenters. The summed E-state index contributed by atoms with van der Waals surface area (Å²) in [4.78, 5) is 8.44. The van der Waals surface area contributed by atoms with Crippen molar-refractivity contribution < 1.29 is 9.84 Å². The molecule has 6 heteroatoms. The number of para-hydroxylation sites is 1. The SMILES string of the molecule is OC(CNc1ncnc2ccccc12)COc1ccc(I)cc1. The second-order valence-corrected chi connectivity index (χ2v) is 6.28. The average Bonchev–Trinajstić information content (AvgIpc) is 2.59. The first kappa shape index (κ1) is 15.9. The molecule has 0 radical (unpaired) electrons. The van der Waals surface area contributed by atoms with Crippen LogP contribution in [0.3, 0.4) is 0 Å². The molecule has 0 fully saturated rings. The standard InChI is InChI=1S/C17H16IN3O2/c18-12-5-7-14(8-6-12)23-10-13(22)9-19-17-15-3-1-2-4-16(15)20-11-21-17/h1-8,11,13,22H,9-10H2,(H,19,20,21). The smallest absolute Gasteiger partial charge is 0.137 e. The number of rotatable bonds is 6. The van der Waals surface area contributed by atoms with Crippen LogP contribution in [0.2, 0.25) is 0 Å². The molecule has 118 valence electrons. The van der Waals surface area contributed by atoms with Crippen molar-refractivity contribution in [3.8, 4) is 5.75 Å². The molecule has 0 aliphatic heterocycles. The number of nitrogens with one attached hydrogen (secondary N) is 1. The van der Waals surface area contributed by atoms with Crippen molar-refractivity contribution in [1.82, 2.24) is 9.97 Å². The first-order valence-corrected chi connectivity index (χ1v) is 8.30. The number of benzene rings is 2. The van der Waals surface area contributed by atoms with E-state index in [9.17, 15) is 5.11 Å². The molecule has 2 aromatic carbocycles. The van der Waals surface area contributed by atoms with Crippen molar-refractivity contribution in [3.63, 3.8) is 0 Å². The molecule has 5 nitrogen and oxygen atoms in total. The fraction of sp³-hybridized carbons (Fsp3) is 0.176. The fourth-order valence-electron chi connectivity index (χ4n) is 2.14. The van der Waals surface area contributed by atoms with Crippen molar-refractivity contribution in [2.75, 3.05) is 18.5 Å². The predicted molar refractivity (Wildman–Crippen MR) is 98.7 cm³/mol. The number of ether oxygens (including phenoxy) is 1. The number of aromatic nitrogens is 2. The number of aliphatic hydroxyl groups excluding tert-OH is 1. The summed E-state index contributed by atoms with van der Waals surface area (Å²) in [5.74, 6) is 1.46. The largest absolute Gasteiger partial charge is 0.491 e. The number of hydrogen-bond acceptors (Lipinski definition) is 5. The molecule has 1 heterocycles. The molecule has 0 bridgehead atoms. The number of anilines is 1. The summed E-state index contributed by atoms with van der Waals surface area (Å²) in [7, 11) is 0. The van der Waals surface area contributed by atoms with E-state index in [4.69, 9.17) is 4.74 Å². The quantitative estimate of drug-likeness (QED) is 0.599. The molecule has 0 amide bonds. The zero-order chi connectivity index (χ0) is 16.1. The van der Waals surface area contributed by atoms with Gasteiger partial charge in [-0.25, -0.2) is 9.97 Å². The first-order valence-electron chi connectivity index (χ1n) is 7.22. The third-order valence-corrected chi connectivity index (χ3v) is 4.02. The van der Waals surface area contributed by atoms with Crippen molar-refractivity contribution >= 4 is 39.3 Å². The van der Waals surface area contributed by atoms with Gasteiger partial charge in [-0.1, -0.05) is 12.1 Å². The zero-order valence-corrected chi connectivity index (χ0v) is 14.5. The van der Waals surface area contributed by atoms with Crippen LogP contribution in [-0.4, -0.2) is 34.3 Å². The molecule has 0 spiro atoms. The second-order valence-electron chi connectivity index (χ2n) is 5.04. The van der Waals surface area contributed by atoms with Crippen molar-refractivity contribution in [3.05, 3.63) is 58.4 Å². The van der Waals surface area contributed by atoms with Crippen LogP contribution < -0.4 is 10.1 Å². The summed E-state index contributed by atoms with van der Waals surface area (Å²) in [6.45, 7) is 0.571. The van der Waals surface area contributed by atoms with Crippen LogP contribution in [0.1, 0.15) is 0 Å². The van der Waals surface area contributed by atoms with Gasteiger partial charge in [-0.05, 0) is 59.0 Å². The Morgan fingerprint density at radius 1 is 1.09 bits per heavy atom. The monoisotopic (exact) mass is 421 g/mol. The molecule has 1 aromatic heterocycles. The molecule has 0 saturated carbocycles. The van der Waals surface area contributed by atoms with E-state index in [0.717, 1.165) is 20.2 Å². The van der Waals surface area contributed by atoms with Gasteiger partial charge in [0.25, 0.3) is 0 Å². The molecule has 23 heavy (non-hydrogen) atoms. The van der Waals surface area contributed by atoms with Crippen LogP contribution in [0.15, 0.2) is 54.9 Å². The van der Waals surface area contributed by atoms with Gasteiger partial charge in [0.15, 0.2) is 0 Å². The molecule has 2 N–H and O–H groups in total. The highest BCUT2D eigenvalue weighted by Crippen LogP contribution is 2.18. The average molecular weight is 421 g/mol. The maximum Gasteiger partial charge on any atom is 0.137 e. The Morgan fingerprint density at radius 3 is 2.70 bits per heavy atom. The summed E-state index contributed by atoms with van der Waals surface area (Å²) in [5.41, 5.74) is 0.870. The number of hydrogen-bond donors (Lipinski definition) is 2. The molecular formula is C17H16IN3O2. The third kappa shape index (κ3) is 4.29. The van der Waals surface area contributed by atoms with Crippen LogP contribution in [0.25, 0.3) is 10.9 Å². The van der Waals surface area contributed by atoms with Gasteiger partial charge in [0, 0.05) is 15.5 Å². The molecule has 1 atom stereocenters. The Balaban J connectivity index is 1.56. The second kappa shape index (κ2) is 7.56. The van der Waals surface area contributed by atoms with E-state index >= 15 is 0 Å². The molecular weight excluding hydrogens is 405 g/mol. The van der Waals surface area contributed by atoms with Gasteiger partial charge < -0.3 is 15.2 Å². The van der Waals surface area contributed by atoms with Gasteiger partial charge in [0.2, 0.25) is 0 Å². The van der Waals surface area contributed by atoms with E-state index in [0.29, 0.717) is 12.4 Å². The van der Waals surface area contributed by atoms with E-state index in [1.54, 1.807) is 0 Å². The highest BCUT2D eigenvalue weighted by Gasteiger charge is 2.08. The Bertz CT molecular complexity index is 775. The summed E-state index contributed by atoms with van der Waals surface area (Å²) >= 11 is 2.24. The van der Waals surface area contributed by atoms with Gasteiger partial charge in [0.05, 0.1) is 5.52 Å². The highest BCUT2D eigenvalue weighted by atomic mass is 127. The van der Waals surface area contributed by atoms with E-state index in [2.05, 4.69) is 37.9 Å². The Labute approximate surface area is 147 Å². The topological polar surface area (TPSA) is 67.3 Å². The first-order chi connectivity index (χ1) is 11.2. The van der Waals surface area contributed by atoms with Crippen LogP contribution >= 0.6 is 22.6 Å². The zero-order valence-electron chi connectivity index (χ0n) is 12.3. The minimum absolute atomic E-state index is 0.219. The molecule has 0 saturated heterocycles. The summed E-state index contributed by atoms with van der Waals surface area (Å²) in [6, 6.07) is 15.5. The number of nitrogens with zero attached hydrogens (tertiary/aromatic N) is 2. The van der Waals surface area contributed by atoms with Gasteiger partial charge >= 0.3 is 0 Å². The summed E-state index contributed by atoms with van der Waals surface area (Å²) in [5, 5.41) is 14.1. The maximum absolute atomic E-state index is 10.1. The maximum atomic E-state index is 10.1. The number of fused-ring (bicyclic) bond motifs is 1. The molecule has 0 aliphatic carbocycles. The molecule has 3 rings (SSSR count).